The van der Waals surface area contributed by atoms with E-state index >= 15 is 0 Å². The minimum atomic E-state index is -0.556. The third kappa shape index (κ3) is 6.27. The van der Waals surface area contributed by atoms with Gasteiger partial charge in [-0.1, -0.05) is 12.1 Å². The van der Waals surface area contributed by atoms with Crippen molar-refractivity contribution in [3.05, 3.63) is 111 Å². The molecule has 198 valence electrons. The summed E-state index contributed by atoms with van der Waals surface area (Å²) in [6, 6.07) is 21.6. The lowest BCUT2D eigenvalue weighted by molar-refractivity contribution is 0.0445. The molecule has 0 atom stereocenters. The number of hydrogen-bond donors (Lipinski definition) is 0. The van der Waals surface area contributed by atoms with E-state index in [2.05, 4.69) is 0 Å². The molecule has 0 aliphatic carbocycles. The Bertz CT molecular complexity index is 1750. The van der Waals surface area contributed by atoms with Gasteiger partial charge in [0.15, 0.2) is 0 Å². The summed E-state index contributed by atoms with van der Waals surface area (Å²) in [5, 5.41) is 1.61. The molecule has 5 aromatic rings. The van der Waals surface area contributed by atoms with Crippen molar-refractivity contribution in [3.63, 3.8) is 0 Å². The van der Waals surface area contributed by atoms with Crippen LogP contribution in [0.2, 0.25) is 0 Å². The van der Waals surface area contributed by atoms with Gasteiger partial charge in [0.2, 0.25) is 0 Å². The molecule has 0 N–H and O–H groups in total. The highest BCUT2D eigenvalue weighted by atomic mass is 16.6. The van der Waals surface area contributed by atoms with E-state index in [9.17, 15) is 14.4 Å². The monoisotopic (exact) mass is 528 g/mol. The Morgan fingerprint density at radius 3 is 2.21 bits per heavy atom. The maximum atomic E-state index is 12.6. The average Bonchev–Trinajstić information content (AvgIpc) is 2.93. The van der Waals surface area contributed by atoms with Crippen molar-refractivity contribution in [1.29, 1.82) is 0 Å². The molecule has 0 bridgehead atoms. The summed E-state index contributed by atoms with van der Waals surface area (Å²) < 4.78 is 32.9. The van der Waals surface area contributed by atoms with Gasteiger partial charge >= 0.3 is 17.2 Å². The van der Waals surface area contributed by atoms with Gasteiger partial charge in [-0.05, 0) is 55.0 Å². The van der Waals surface area contributed by atoms with Gasteiger partial charge in [0.25, 0.3) is 0 Å². The fourth-order valence-corrected chi connectivity index (χ4v) is 3.97. The van der Waals surface area contributed by atoms with Crippen LogP contribution in [0.3, 0.4) is 0 Å². The van der Waals surface area contributed by atoms with Crippen LogP contribution in [0.25, 0.3) is 21.9 Å². The number of para-hydroxylation sites is 1. The van der Waals surface area contributed by atoms with E-state index in [1.54, 1.807) is 60.7 Å². The Balaban J connectivity index is 1.11. The van der Waals surface area contributed by atoms with E-state index in [0.717, 1.165) is 16.3 Å². The predicted octanol–water partition coefficient (Wildman–Crippen LogP) is 4.90. The number of hydrogen-bond acceptors (Lipinski definition) is 9. The van der Waals surface area contributed by atoms with E-state index in [-0.39, 0.29) is 32.0 Å². The Morgan fingerprint density at radius 1 is 0.692 bits per heavy atom. The molecule has 5 rings (SSSR count). The molecular weight excluding hydrogens is 504 g/mol. The smallest absolute Gasteiger partial charge is 0.342 e. The van der Waals surface area contributed by atoms with Crippen LogP contribution in [0.4, 0.5) is 0 Å². The van der Waals surface area contributed by atoms with E-state index in [1.165, 1.54) is 12.1 Å². The van der Waals surface area contributed by atoms with E-state index in [0.29, 0.717) is 28.4 Å². The molecule has 0 spiro atoms. The molecule has 9 heteroatoms. The molecular formula is C30H24O9. The summed E-state index contributed by atoms with van der Waals surface area (Å²) in [4.78, 5) is 35.7. The third-order valence-electron chi connectivity index (χ3n) is 5.82. The summed E-state index contributed by atoms with van der Waals surface area (Å²) in [6.07, 6.45) is 0. The Kier molecular flexibility index (Phi) is 7.58. The van der Waals surface area contributed by atoms with Crippen LogP contribution in [0.1, 0.15) is 15.9 Å². The number of fused-ring (bicyclic) bond motifs is 2. The van der Waals surface area contributed by atoms with Gasteiger partial charge in [-0.15, -0.1) is 0 Å². The van der Waals surface area contributed by atoms with Crippen LogP contribution in [0.15, 0.2) is 97.3 Å². The third-order valence-corrected chi connectivity index (χ3v) is 5.82. The lowest BCUT2D eigenvalue weighted by Gasteiger charge is -2.12. The van der Waals surface area contributed by atoms with Gasteiger partial charge in [0.05, 0.1) is 0 Å². The first-order valence-electron chi connectivity index (χ1n) is 12.2. The number of rotatable bonds is 10. The van der Waals surface area contributed by atoms with E-state index in [1.807, 2.05) is 13.0 Å². The summed E-state index contributed by atoms with van der Waals surface area (Å²) >= 11 is 0. The highest BCUT2D eigenvalue weighted by Gasteiger charge is 2.14. The molecule has 2 heterocycles. The first-order valence-corrected chi connectivity index (χ1v) is 12.2. The zero-order chi connectivity index (χ0) is 27.2. The number of carbonyl (C=O) groups excluding carboxylic acids is 1. The topological polar surface area (TPSA) is 114 Å². The van der Waals surface area contributed by atoms with Crippen LogP contribution < -0.4 is 25.5 Å². The lowest BCUT2D eigenvalue weighted by atomic mass is 10.1. The minimum Gasteiger partial charge on any atom is -0.490 e. The molecule has 0 amide bonds. The molecule has 0 aliphatic heterocycles. The number of esters is 1. The number of benzene rings is 3. The van der Waals surface area contributed by atoms with Crippen molar-refractivity contribution in [2.75, 3.05) is 26.4 Å². The van der Waals surface area contributed by atoms with Gasteiger partial charge in [0.1, 0.15) is 60.4 Å². The summed E-state index contributed by atoms with van der Waals surface area (Å²) in [7, 11) is 0. The summed E-state index contributed by atoms with van der Waals surface area (Å²) in [5.74, 6) is 0.817. The number of carbonyl (C=O) groups is 1. The second kappa shape index (κ2) is 11.6. The molecule has 0 unspecified atom stereocenters. The van der Waals surface area contributed by atoms with Crippen molar-refractivity contribution in [1.82, 2.24) is 0 Å². The zero-order valence-corrected chi connectivity index (χ0v) is 21.0. The van der Waals surface area contributed by atoms with Gasteiger partial charge in [-0.3, -0.25) is 0 Å². The maximum absolute atomic E-state index is 12.6. The second-order valence-electron chi connectivity index (χ2n) is 8.54. The molecule has 39 heavy (non-hydrogen) atoms. The molecule has 2 aromatic heterocycles. The fraction of sp³-hybridized carbons (Fsp3) is 0.167. The van der Waals surface area contributed by atoms with Crippen LogP contribution >= 0.6 is 0 Å². The quantitative estimate of drug-likeness (QED) is 0.142. The molecule has 0 saturated heterocycles. The van der Waals surface area contributed by atoms with Gasteiger partial charge in [-0.25, -0.2) is 14.4 Å². The maximum Gasteiger partial charge on any atom is 0.342 e. The summed E-state index contributed by atoms with van der Waals surface area (Å²) in [6.45, 7) is 2.32. The largest absolute Gasteiger partial charge is 0.490 e. The van der Waals surface area contributed by atoms with E-state index in [4.69, 9.17) is 27.8 Å². The van der Waals surface area contributed by atoms with Crippen LogP contribution in [0, 0.1) is 6.92 Å². The van der Waals surface area contributed by atoms with Gasteiger partial charge < -0.3 is 27.8 Å². The molecule has 0 fully saturated rings. The number of ether oxygens (including phenoxy) is 4. The van der Waals surface area contributed by atoms with Crippen molar-refractivity contribution < 1.29 is 32.6 Å². The molecule has 0 radical (unpaired) electrons. The first-order chi connectivity index (χ1) is 19.0. The van der Waals surface area contributed by atoms with Gasteiger partial charge in [0, 0.05) is 35.0 Å². The SMILES string of the molecule is Cc1cc(=O)oc2cc(OCCOc3ccccc3C(=O)OCCOc3ccc4ccc(=O)oc4c3)ccc12. The van der Waals surface area contributed by atoms with E-state index < -0.39 is 17.2 Å². The lowest BCUT2D eigenvalue weighted by Crippen LogP contribution is -2.15. The fourth-order valence-electron chi connectivity index (χ4n) is 3.97. The second-order valence-corrected chi connectivity index (χ2v) is 8.54. The Labute approximate surface area is 222 Å². The molecule has 9 nitrogen and oxygen atoms in total. The van der Waals surface area contributed by atoms with Crippen molar-refractivity contribution in [3.8, 4) is 17.2 Å². The molecule has 0 saturated carbocycles. The minimum absolute atomic E-state index is 0.00458. The Hall–Kier alpha value is -5.05. The zero-order valence-electron chi connectivity index (χ0n) is 21.0. The van der Waals surface area contributed by atoms with Crippen molar-refractivity contribution in [2.45, 2.75) is 6.92 Å². The van der Waals surface area contributed by atoms with Crippen LogP contribution in [-0.2, 0) is 4.74 Å². The standard InChI is InChI=1S/C30H24O9/c1-19-16-29(32)39-27-18-22(9-10-23(19)27)34-12-14-36-25-5-3-2-4-24(25)30(33)37-15-13-35-21-8-6-20-7-11-28(31)38-26(20)17-21/h2-11,16-18H,12-15H2,1H3. The first kappa shape index (κ1) is 25.6. The normalized spacial score (nSPS) is 10.9. The average molecular weight is 529 g/mol. The predicted molar refractivity (Wildman–Crippen MR) is 143 cm³/mol. The highest BCUT2D eigenvalue weighted by Crippen LogP contribution is 2.23. The Morgan fingerprint density at radius 2 is 1.36 bits per heavy atom. The summed E-state index contributed by atoms with van der Waals surface area (Å²) in [5.41, 5.74) is 1.10. The van der Waals surface area contributed by atoms with Crippen molar-refractivity contribution >= 4 is 27.9 Å². The van der Waals surface area contributed by atoms with Crippen LogP contribution in [-0.4, -0.2) is 32.4 Å². The van der Waals surface area contributed by atoms with Gasteiger partial charge in [-0.2, -0.15) is 0 Å². The molecule has 0 aliphatic rings. The molecule has 3 aromatic carbocycles. The number of aryl methyl sites for hydroxylation is 1. The highest BCUT2D eigenvalue weighted by molar-refractivity contribution is 5.92. The van der Waals surface area contributed by atoms with Crippen molar-refractivity contribution in [2.24, 2.45) is 0 Å². The van der Waals surface area contributed by atoms with Crippen LogP contribution in [0.5, 0.6) is 17.2 Å².